The van der Waals surface area contributed by atoms with Crippen molar-refractivity contribution in [2.75, 3.05) is 19.6 Å². The van der Waals surface area contributed by atoms with E-state index in [0.29, 0.717) is 0 Å². The molecule has 3 amide bonds. The van der Waals surface area contributed by atoms with Crippen LogP contribution in [0, 0.1) is 0 Å². The summed E-state index contributed by atoms with van der Waals surface area (Å²) < 4.78 is 43.1. The van der Waals surface area contributed by atoms with Crippen molar-refractivity contribution < 1.29 is 32.3 Å². The Hall–Kier alpha value is -2.58. The lowest BCUT2D eigenvalue weighted by atomic mass is 10.1. The van der Waals surface area contributed by atoms with E-state index in [1.807, 2.05) is 0 Å². The Morgan fingerprint density at radius 3 is 2.11 bits per heavy atom. The molecular formula is C18H21F3N2O4. The van der Waals surface area contributed by atoms with Crippen LogP contribution < -0.4 is 0 Å². The molecule has 1 heterocycles. The van der Waals surface area contributed by atoms with Crippen molar-refractivity contribution in [3.8, 4) is 0 Å². The number of nitrogens with zero attached hydrogens (tertiary/aromatic N) is 2. The molecule has 1 fully saturated rings. The number of halogens is 3. The zero-order valence-corrected chi connectivity index (χ0v) is 15.3. The number of carbonyl (C=O) groups is 3. The topological polar surface area (TPSA) is 66.9 Å². The number of alkyl halides is 3. The molecule has 0 bridgehead atoms. The van der Waals surface area contributed by atoms with E-state index >= 15 is 0 Å². The maximum absolute atomic E-state index is 12.6. The summed E-state index contributed by atoms with van der Waals surface area (Å²) in [4.78, 5) is 39.2. The fourth-order valence-electron chi connectivity index (χ4n) is 2.50. The third-order valence-electron chi connectivity index (χ3n) is 3.85. The van der Waals surface area contributed by atoms with Crippen molar-refractivity contribution >= 4 is 17.9 Å². The SMILES string of the molecule is CC(C)(C)OC(=O)N1CCC(=O)N(C(=O)c2ccc(C(F)(F)F)cc2)CC1. The first-order valence-electron chi connectivity index (χ1n) is 8.38. The first-order chi connectivity index (χ1) is 12.4. The van der Waals surface area contributed by atoms with Crippen molar-refractivity contribution in [3.05, 3.63) is 35.4 Å². The maximum Gasteiger partial charge on any atom is 0.416 e. The van der Waals surface area contributed by atoms with Crippen molar-refractivity contribution in [2.24, 2.45) is 0 Å². The molecule has 148 valence electrons. The minimum atomic E-state index is -4.51. The molecule has 0 radical (unpaired) electrons. The van der Waals surface area contributed by atoms with Crippen molar-refractivity contribution in [1.29, 1.82) is 0 Å². The molecule has 1 aromatic rings. The van der Waals surface area contributed by atoms with Crippen LogP contribution >= 0.6 is 0 Å². The van der Waals surface area contributed by atoms with Gasteiger partial charge in [0.1, 0.15) is 5.60 Å². The van der Waals surface area contributed by atoms with Gasteiger partial charge in [0.15, 0.2) is 0 Å². The van der Waals surface area contributed by atoms with E-state index in [1.165, 1.54) is 4.90 Å². The van der Waals surface area contributed by atoms with Gasteiger partial charge in [0.2, 0.25) is 5.91 Å². The number of amides is 3. The van der Waals surface area contributed by atoms with Crippen LogP contribution in [0.25, 0.3) is 0 Å². The molecule has 0 aromatic heterocycles. The molecule has 6 nitrogen and oxygen atoms in total. The summed E-state index contributed by atoms with van der Waals surface area (Å²) in [6.07, 6.45) is -5.17. The molecule has 1 aliphatic heterocycles. The molecule has 1 aromatic carbocycles. The van der Waals surface area contributed by atoms with Gasteiger partial charge in [-0.05, 0) is 45.0 Å². The Kier molecular flexibility index (Phi) is 5.82. The highest BCUT2D eigenvalue weighted by Crippen LogP contribution is 2.29. The third kappa shape index (κ3) is 5.45. The minimum Gasteiger partial charge on any atom is -0.444 e. The zero-order chi connectivity index (χ0) is 20.4. The van der Waals surface area contributed by atoms with Crippen molar-refractivity contribution in [3.63, 3.8) is 0 Å². The van der Waals surface area contributed by atoms with E-state index in [-0.39, 0.29) is 31.6 Å². The second-order valence-electron chi connectivity index (χ2n) is 7.14. The summed E-state index contributed by atoms with van der Waals surface area (Å²) in [7, 11) is 0. The molecule has 0 spiro atoms. The fourth-order valence-corrected chi connectivity index (χ4v) is 2.50. The van der Waals surface area contributed by atoms with Gasteiger partial charge in [-0.15, -0.1) is 0 Å². The Morgan fingerprint density at radius 2 is 1.59 bits per heavy atom. The molecule has 27 heavy (non-hydrogen) atoms. The third-order valence-corrected chi connectivity index (χ3v) is 3.85. The quantitative estimate of drug-likeness (QED) is 0.695. The zero-order valence-electron chi connectivity index (χ0n) is 15.3. The fraction of sp³-hybridized carbons (Fsp3) is 0.500. The van der Waals surface area contributed by atoms with Gasteiger partial charge in [-0.3, -0.25) is 14.5 Å². The van der Waals surface area contributed by atoms with Crippen molar-refractivity contribution in [2.45, 2.75) is 39.0 Å². The number of rotatable bonds is 1. The van der Waals surface area contributed by atoms with E-state index in [4.69, 9.17) is 4.74 Å². The highest BCUT2D eigenvalue weighted by molar-refractivity contribution is 6.05. The monoisotopic (exact) mass is 386 g/mol. The van der Waals surface area contributed by atoms with Gasteiger partial charge in [-0.1, -0.05) is 0 Å². The number of hydrogen-bond donors (Lipinski definition) is 0. The van der Waals surface area contributed by atoms with Gasteiger partial charge < -0.3 is 9.64 Å². The van der Waals surface area contributed by atoms with E-state index < -0.39 is 35.2 Å². The molecule has 0 saturated carbocycles. The molecule has 0 unspecified atom stereocenters. The van der Waals surface area contributed by atoms with Gasteiger partial charge in [0, 0.05) is 31.6 Å². The summed E-state index contributed by atoms with van der Waals surface area (Å²) in [5.74, 6) is -1.19. The van der Waals surface area contributed by atoms with Crippen LogP contribution in [-0.4, -0.2) is 52.9 Å². The summed E-state index contributed by atoms with van der Waals surface area (Å²) in [5, 5.41) is 0. The number of imide groups is 1. The Morgan fingerprint density at radius 1 is 1.00 bits per heavy atom. The van der Waals surface area contributed by atoms with Crippen LogP contribution in [0.5, 0.6) is 0 Å². The lowest BCUT2D eigenvalue weighted by Crippen LogP contribution is -2.40. The van der Waals surface area contributed by atoms with Gasteiger partial charge in [-0.25, -0.2) is 4.79 Å². The summed E-state index contributed by atoms with van der Waals surface area (Å²) in [5.41, 5.74) is -1.59. The molecule has 0 N–H and O–H groups in total. The average molecular weight is 386 g/mol. The summed E-state index contributed by atoms with van der Waals surface area (Å²) >= 11 is 0. The molecule has 0 atom stereocenters. The Labute approximate surface area is 154 Å². The largest absolute Gasteiger partial charge is 0.444 e. The first-order valence-corrected chi connectivity index (χ1v) is 8.38. The van der Waals surface area contributed by atoms with Crippen LogP contribution in [0.4, 0.5) is 18.0 Å². The van der Waals surface area contributed by atoms with E-state index in [2.05, 4.69) is 0 Å². The predicted octanol–water partition coefficient (Wildman–Crippen LogP) is 3.32. The molecule has 0 aliphatic carbocycles. The number of hydrogen-bond acceptors (Lipinski definition) is 4. The average Bonchev–Trinajstić information content (AvgIpc) is 2.74. The summed E-state index contributed by atoms with van der Waals surface area (Å²) in [6, 6.07) is 3.66. The molecule has 1 aliphatic rings. The van der Waals surface area contributed by atoms with Gasteiger partial charge in [-0.2, -0.15) is 13.2 Å². The molecule has 2 rings (SSSR count). The second-order valence-corrected chi connectivity index (χ2v) is 7.14. The van der Waals surface area contributed by atoms with Gasteiger partial charge in [0.25, 0.3) is 5.91 Å². The van der Waals surface area contributed by atoms with E-state index in [0.717, 1.165) is 29.2 Å². The normalized spacial score (nSPS) is 16.1. The summed E-state index contributed by atoms with van der Waals surface area (Å²) in [6.45, 7) is 5.28. The number of ether oxygens (including phenoxy) is 1. The lowest BCUT2D eigenvalue weighted by Gasteiger charge is -2.26. The van der Waals surface area contributed by atoms with Crippen LogP contribution in [0.1, 0.15) is 43.1 Å². The lowest BCUT2D eigenvalue weighted by molar-refractivity contribution is -0.137. The van der Waals surface area contributed by atoms with Crippen molar-refractivity contribution in [1.82, 2.24) is 9.80 Å². The van der Waals surface area contributed by atoms with Crippen LogP contribution in [0.3, 0.4) is 0 Å². The number of benzene rings is 1. The Balaban J connectivity index is 2.09. The van der Waals surface area contributed by atoms with Crippen LogP contribution in [-0.2, 0) is 15.7 Å². The second kappa shape index (κ2) is 7.58. The smallest absolute Gasteiger partial charge is 0.416 e. The molecular weight excluding hydrogens is 365 g/mol. The van der Waals surface area contributed by atoms with Crippen LogP contribution in [0.15, 0.2) is 24.3 Å². The highest BCUT2D eigenvalue weighted by atomic mass is 19.4. The van der Waals surface area contributed by atoms with E-state index in [9.17, 15) is 27.6 Å². The molecule has 1 saturated heterocycles. The maximum atomic E-state index is 12.6. The minimum absolute atomic E-state index is 0.0259. The van der Waals surface area contributed by atoms with E-state index in [1.54, 1.807) is 20.8 Å². The van der Waals surface area contributed by atoms with Gasteiger partial charge >= 0.3 is 12.3 Å². The first kappa shape index (κ1) is 20.7. The highest BCUT2D eigenvalue weighted by Gasteiger charge is 2.32. The van der Waals surface area contributed by atoms with Gasteiger partial charge in [0.05, 0.1) is 5.56 Å². The number of carbonyl (C=O) groups excluding carboxylic acids is 3. The predicted molar refractivity (Wildman–Crippen MR) is 89.9 cm³/mol. The molecule has 9 heteroatoms. The van der Waals surface area contributed by atoms with Crippen LogP contribution in [0.2, 0.25) is 0 Å². The Bertz CT molecular complexity index is 724. The standard InChI is InChI=1S/C18H21F3N2O4/c1-17(2,3)27-16(26)22-9-8-14(24)23(11-10-22)15(25)12-4-6-13(7-5-12)18(19,20)21/h4-7H,8-11H2,1-3H3.